The molecule has 0 aromatic heterocycles. The van der Waals surface area contributed by atoms with Gasteiger partial charge in [-0.3, -0.25) is 4.79 Å². The van der Waals surface area contributed by atoms with Gasteiger partial charge in [-0.15, -0.1) is 0 Å². The smallest absolute Gasteiger partial charge is 0.330 e. The van der Waals surface area contributed by atoms with Gasteiger partial charge >= 0.3 is 11.9 Å². The molecule has 0 heterocycles. The maximum atomic E-state index is 11.7. The summed E-state index contributed by atoms with van der Waals surface area (Å²) >= 11 is 16.3. The molecule has 0 aliphatic carbocycles. The van der Waals surface area contributed by atoms with E-state index in [1.807, 2.05) is 0 Å². The lowest BCUT2D eigenvalue weighted by Crippen LogP contribution is -2.27. The predicted molar refractivity (Wildman–Crippen MR) is 74.5 cm³/mol. The van der Waals surface area contributed by atoms with Crippen molar-refractivity contribution in [2.75, 3.05) is 13.7 Å². The molecule has 112 valence electrons. The summed E-state index contributed by atoms with van der Waals surface area (Å²) in [5.41, 5.74) is 8.44. The van der Waals surface area contributed by atoms with Crippen LogP contribution in [0, 0.1) is 5.92 Å². The van der Waals surface area contributed by atoms with Gasteiger partial charge in [0.25, 0.3) is 0 Å². The van der Waals surface area contributed by atoms with E-state index >= 15 is 0 Å². The monoisotopic (exact) mass is 343 g/mol. The molecule has 0 unspecified atom stereocenters. The quantitative estimate of drug-likeness (QED) is 0.184. The topological polar surface area (TPSA) is 101 Å². The van der Waals surface area contributed by atoms with Crippen LogP contribution in [-0.2, 0) is 19.1 Å². The van der Waals surface area contributed by atoms with Gasteiger partial charge in [-0.25, -0.2) is 4.79 Å². The van der Waals surface area contributed by atoms with E-state index in [1.165, 1.54) is 20.1 Å². The Morgan fingerprint density at radius 1 is 1.45 bits per heavy atom. The lowest BCUT2D eigenvalue weighted by Gasteiger charge is -2.17. The molecule has 10 heteroatoms. The molecule has 0 aromatic rings. The SMILES string of the molecule is COC(=O)/C=C/[C@H](N=[N+]=[N-])[C@H](C)C(=O)OCC(Cl)(Cl)Cl. The zero-order chi connectivity index (χ0) is 15.8. The molecule has 0 saturated carbocycles. The molecule has 0 aliphatic heterocycles. The number of methoxy groups -OCH3 is 1. The number of alkyl halides is 3. The molecule has 0 amide bonds. The molecule has 0 rings (SSSR count). The first-order chi connectivity index (χ1) is 9.21. The van der Waals surface area contributed by atoms with E-state index in [-0.39, 0.29) is 0 Å². The van der Waals surface area contributed by atoms with E-state index in [1.54, 1.807) is 0 Å². The van der Waals surface area contributed by atoms with Crippen LogP contribution in [0.1, 0.15) is 6.92 Å². The average Bonchev–Trinajstić information content (AvgIpc) is 2.38. The molecular formula is C10H12Cl3N3O4. The summed E-state index contributed by atoms with van der Waals surface area (Å²) in [6.45, 7) is 1.01. The Kier molecular flexibility index (Phi) is 8.41. The summed E-state index contributed by atoms with van der Waals surface area (Å²) < 4.78 is 7.41. The molecule has 20 heavy (non-hydrogen) atoms. The maximum Gasteiger partial charge on any atom is 0.330 e. The first kappa shape index (κ1) is 18.9. The number of esters is 2. The number of nitrogens with zero attached hydrogens (tertiary/aromatic N) is 3. The zero-order valence-corrected chi connectivity index (χ0v) is 12.9. The molecule has 0 aromatic carbocycles. The molecule has 0 fully saturated rings. The van der Waals surface area contributed by atoms with Crippen molar-refractivity contribution in [3.8, 4) is 0 Å². The van der Waals surface area contributed by atoms with Crippen LogP contribution < -0.4 is 0 Å². The zero-order valence-electron chi connectivity index (χ0n) is 10.6. The van der Waals surface area contributed by atoms with Gasteiger partial charge in [0.1, 0.15) is 6.61 Å². The van der Waals surface area contributed by atoms with Gasteiger partial charge in [0, 0.05) is 11.0 Å². The van der Waals surface area contributed by atoms with Crippen molar-refractivity contribution in [2.24, 2.45) is 11.0 Å². The van der Waals surface area contributed by atoms with Crippen LogP contribution in [0.4, 0.5) is 0 Å². The Bertz CT molecular complexity index is 430. The van der Waals surface area contributed by atoms with E-state index in [9.17, 15) is 9.59 Å². The Balaban J connectivity index is 4.75. The predicted octanol–water partition coefficient (Wildman–Crippen LogP) is 2.94. The van der Waals surface area contributed by atoms with Crippen molar-refractivity contribution in [3.63, 3.8) is 0 Å². The van der Waals surface area contributed by atoms with Crippen LogP contribution in [0.15, 0.2) is 17.3 Å². The largest absolute Gasteiger partial charge is 0.466 e. The minimum atomic E-state index is -1.73. The van der Waals surface area contributed by atoms with Crippen LogP contribution >= 0.6 is 34.8 Å². The van der Waals surface area contributed by atoms with Gasteiger partial charge in [0.05, 0.1) is 19.1 Å². The molecular weight excluding hydrogens is 332 g/mol. The molecule has 0 bridgehead atoms. The summed E-state index contributed by atoms with van der Waals surface area (Å²) in [7, 11) is 1.19. The minimum absolute atomic E-state index is 0.440. The van der Waals surface area contributed by atoms with Crippen LogP contribution in [0.2, 0.25) is 0 Å². The third-order valence-electron chi connectivity index (χ3n) is 2.08. The van der Waals surface area contributed by atoms with E-state index < -0.39 is 34.3 Å². The number of carbonyl (C=O) groups excluding carboxylic acids is 2. The van der Waals surface area contributed by atoms with Crippen LogP contribution in [-0.4, -0.2) is 35.5 Å². The van der Waals surface area contributed by atoms with E-state index in [2.05, 4.69) is 14.8 Å². The van der Waals surface area contributed by atoms with Crippen LogP contribution in [0.25, 0.3) is 10.4 Å². The summed E-state index contributed by atoms with van der Waals surface area (Å²) in [6.07, 6.45) is 2.27. The molecule has 0 saturated heterocycles. The number of carbonyl (C=O) groups is 2. The third kappa shape index (κ3) is 8.12. The van der Waals surface area contributed by atoms with Crippen LogP contribution in [0.3, 0.4) is 0 Å². The van der Waals surface area contributed by atoms with E-state index in [4.69, 9.17) is 45.1 Å². The lowest BCUT2D eigenvalue weighted by atomic mass is 10.0. The number of azide groups is 1. The Morgan fingerprint density at radius 2 is 2.05 bits per heavy atom. The van der Waals surface area contributed by atoms with Crippen molar-refractivity contribution in [1.29, 1.82) is 0 Å². The fraction of sp³-hybridized carbons (Fsp3) is 0.600. The van der Waals surface area contributed by atoms with Crippen molar-refractivity contribution in [1.82, 2.24) is 0 Å². The molecule has 2 atom stereocenters. The van der Waals surface area contributed by atoms with Crippen molar-refractivity contribution < 1.29 is 19.1 Å². The van der Waals surface area contributed by atoms with E-state index in [0.29, 0.717) is 0 Å². The highest BCUT2D eigenvalue weighted by Gasteiger charge is 2.27. The fourth-order valence-electron chi connectivity index (χ4n) is 1.03. The second kappa shape index (κ2) is 8.92. The highest BCUT2D eigenvalue weighted by molar-refractivity contribution is 6.67. The Hall–Kier alpha value is -1.14. The van der Waals surface area contributed by atoms with Gasteiger partial charge in [0.2, 0.25) is 3.79 Å². The minimum Gasteiger partial charge on any atom is -0.466 e. The standard InChI is InChI=1S/C10H12Cl3N3O4/c1-6(9(18)20-5-10(11,12)13)7(15-16-14)3-4-8(17)19-2/h3-4,6-7H,5H2,1-2H3/b4-3+/t6-,7-/m0/s1. The number of rotatable bonds is 6. The molecule has 0 spiro atoms. The van der Waals surface area contributed by atoms with Crippen molar-refractivity contribution >= 4 is 46.7 Å². The normalized spacial score (nSPS) is 14.2. The van der Waals surface area contributed by atoms with Crippen LogP contribution in [0.5, 0.6) is 0 Å². The van der Waals surface area contributed by atoms with E-state index in [0.717, 1.165) is 6.08 Å². The average molecular weight is 345 g/mol. The van der Waals surface area contributed by atoms with Crippen molar-refractivity contribution in [3.05, 3.63) is 22.6 Å². The van der Waals surface area contributed by atoms with Gasteiger partial charge in [-0.05, 0) is 5.53 Å². The number of hydrogen-bond acceptors (Lipinski definition) is 5. The van der Waals surface area contributed by atoms with Gasteiger partial charge in [-0.1, -0.05) is 52.9 Å². The summed E-state index contributed by atoms with van der Waals surface area (Å²) in [5, 5.41) is 3.38. The highest BCUT2D eigenvalue weighted by Crippen LogP contribution is 2.26. The first-order valence-corrected chi connectivity index (χ1v) is 6.38. The van der Waals surface area contributed by atoms with Gasteiger partial charge < -0.3 is 9.47 Å². The van der Waals surface area contributed by atoms with Gasteiger partial charge in [-0.2, -0.15) is 0 Å². The first-order valence-electron chi connectivity index (χ1n) is 5.25. The lowest BCUT2D eigenvalue weighted by molar-refractivity contribution is -0.148. The number of hydrogen-bond donors (Lipinski definition) is 0. The summed E-state index contributed by atoms with van der Waals surface area (Å²) in [4.78, 5) is 25.2. The highest BCUT2D eigenvalue weighted by atomic mass is 35.6. The number of ether oxygens (including phenoxy) is 2. The van der Waals surface area contributed by atoms with Crippen molar-refractivity contribution in [2.45, 2.75) is 16.8 Å². The summed E-state index contributed by atoms with van der Waals surface area (Å²) in [6, 6.07) is -0.929. The maximum absolute atomic E-state index is 11.7. The molecule has 0 N–H and O–H groups in total. The molecule has 7 nitrogen and oxygen atoms in total. The fourth-order valence-corrected chi connectivity index (χ4v) is 1.20. The number of halogens is 3. The third-order valence-corrected chi connectivity index (χ3v) is 2.41. The second-order valence-corrected chi connectivity index (χ2v) is 6.11. The summed E-state index contributed by atoms with van der Waals surface area (Å²) in [5.74, 6) is -2.24. The second-order valence-electron chi connectivity index (χ2n) is 3.59. The molecule has 0 radical (unpaired) electrons. The Morgan fingerprint density at radius 3 is 2.50 bits per heavy atom. The van der Waals surface area contributed by atoms with Gasteiger partial charge in [0.15, 0.2) is 0 Å². The Labute approximate surface area is 130 Å². The molecule has 0 aliphatic rings.